The first-order valence-corrected chi connectivity index (χ1v) is 9.94. The Hall–Kier alpha value is -3.60. The maximum absolute atomic E-state index is 12.0. The van der Waals surface area contributed by atoms with Gasteiger partial charge < -0.3 is 10.6 Å². The second-order valence-corrected chi connectivity index (χ2v) is 7.46. The van der Waals surface area contributed by atoms with Gasteiger partial charge >= 0.3 is 0 Å². The second-order valence-electron chi connectivity index (χ2n) is 7.46. The summed E-state index contributed by atoms with van der Waals surface area (Å²) in [6.45, 7) is 0.794. The normalized spacial score (nSPS) is 13.4. The van der Waals surface area contributed by atoms with Crippen molar-refractivity contribution in [3.63, 3.8) is 0 Å². The van der Waals surface area contributed by atoms with Gasteiger partial charge in [0.1, 0.15) is 0 Å². The zero-order valence-corrected chi connectivity index (χ0v) is 16.0. The Morgan fingerprint density at radius 3 is 2.55 bits per heavy atom. The van der Waals surface area contributed by atoms with Gasteiger partial charge in [-0.15, -0.1) is 0 Å². The number of nitrogens with one attached hydrogen (secondary N) is 2. The predicted octanol–water partition coefficient (Wildman–Crippen LogP) is 4.96. The van der Waals surface area contributed by atoms with E-state index in [9.17, 15) is 4.79 Å². The van der Waals surface area contributed by atoms with Crippen LogP contribution in [0.2, 0.25) is 0 Å². The van der Waals surface area contributed by atoms with E-state index in [1.807, 2.05) is 41.0 Å². The van der Waals surface area contributed by atoms with Crippen LogP contribution in [-0.4, -0.2) is 15.5 Å². The summed E-state index contributed by atoms with van der Waals surface area (Å²) in [5, 5.41) is 10.9. The zero-order chi connectivity index (χ0) is 19.6. The summed E-state index contributed by atoms with van der Waals surface area (Å²) in [6, 6.07) is 24.7. The van der Waals surface area contributed by atoms with E-state index < -0.39 is 0 Å². The molecule has 5 heteroatoms. The van der Waals surface area contributed by atoms with Crippen LogP contribution in [0.1, 0.15) is 18.4 Å². The molecule has 2 heterocycles. The third-order valence-corrected chi connectivity index (χ3v) is 5.24. The molecular weight excluding hydrogens is 360 g/mol. The van der Waals surface area contributed by atoms with E-state index in [4.69, 9.17) is 0 Å². The molecule has 1 fully saturated rings. The smallest absolute Gasteiger partial charge is 0.228 e. The zero-order valence-electron chi connectivity index (χ0n) is 16.0. The van der Waals surface area contributed by atoms with Crippen LogP contribution in [0, 0.1) is 5.92 Å². The van der Waals surface area contributed by atoms with E-state index >= 15 is 0 Å². The van der Waals surface area contributed by atoms with Crippen molar-refractivity contribution in [2.75, 3.05) is 10.6 Å². The number of carbonyl (C=O) groups is 1. The molecule has 0 atom stereocenters. The molecule has 2 N–H and O–H groups in total. The number of carbonyl (C=O) groups excluding carboxylic acids is 1. The summed E-state index contributed by atoms with van der Waals surface area (Å²) in [4.78, 5) is 12.0. The van der Waals surface area contributed by atoms with Crippen LogP contribution in [0.5, 0.6) is 0 Å². The molecule has 1 saturated carbocycles. The van der Waals surface area contributed by atoms with Crippen molar-refractivity contribution in [3.05, 3.63) is 84.6 Å². The van der Waals surface area contributed by atoms with Gasteiger partial charge in [-0.05, 0) is 42.2 Å². The van der Waals surface area contributed by atoms with Crippen LogP contribution in [0.4, 0.5) is 11.5 Å². The summed E-state index contributed by atoms with van der Waals surface area (Å²) in [5.74, 6) is 0.842. The van der Waals surface area contributed by atoms with Crippen LogP contribution < -0.4 is 10.6 Å². The SMILES string of the molecule is O=C(Nc1cc2c(-c3ccc(NCc4ccccc4)cc3)cccn2n1)C1CC1. The molecule has 1 aliphatic carbocycles. The van der Waals surface area contributed by atoms with Crippen LogP contribution in [-0.2, 0) is 11.3 Å². The van der Waals surface area contributed by atoms with Crippen molar-refractivity contribution >= 4 is 22.9 Å². The Kier molecular flexibility index (Phi) is 4.48. The lowest BCUT2D eigenvalue weighted by Gasteiger charge is -2.08. The molecule has 0 unspecified atom stereocenters. The molecule has 0 spiro atoms. The number of hydrogen-bond acceptors (Lipinski definition) is 3. The van der Waals surface area contributed by atoms with Crippen LogP contribution >= 0.6 is 0 Å². The lowest BCUT2D eigenvalue weighted by molar-refractivity contribution is -0.117. The van der Waals surface area contributed by atoms with Crippen molar-refractivity contribution in [1.82, 2.24) is 9.61 Å². The van der Waals surface area contributed by atoms with Crippen LogP contribution in [0.25, 0.3) is 16.6 Å². The maximum atomic E-state index is 12.0. The molecule has 1 amide bonds. The molecule has 2 aromatic heterocycles. The minimum Gasteiger partial charge on any atom is -0.381 e. The van der Waals surface area contributed by atoms with E-state index in [1.165, 1.54) is 5.56 Å². The molecule has 144 valence electrons. The number of nitrogens with zero attached hydrogens (tertiary/aromatic N) is 2. The molecule has 0 bridgehead atoms. The van der Waals surface area contributed by atoms with E-state index in [2.05, 4.69) is 58.2 Å². The van der Waals surface area contributed by atoms with Crippen molar-refractivity contribution in [2.45, 2.75) is 19.4 Å². The molecule has 5 nitrogen and oxygen atoms in total. The summed E-state index contributed by atoms with van der Waals surface area (Å²) < 4.78 is 1.82. The van der Waals surface area contributed by atoms with Gasteiger partial charge in [0.2, 0.25) is 5.91 Å². The summed E-state index contributed by atoms with van der Waals surface area (Å²) in [7, 11) is 0. The molecular formula is C24H22N4O. The lowest BCUT2D eigenvalue weighted by atomic mass is 10.1. The Bertz CT molecular complexity index is 1140. The Morgan fingerprint density at radius 2 is 1.79 bits per heavy atom. The quantitative estimate of drug-likeness (QED) is 0.495. The number of amides is 1. The van der Waals surface area contributed by atoms with Gasteiger partial charge in [0.05, 0.1) is 5.52 Å². The summed E-state index contributed by atoms with van der Waals surface area (Å²) in [6.07, 6.45) is 3.87. The second kappa shape index (κ2) is 7.43. The van der Waals surface area contributed by atoms with Gasteiger partial charge in [0.25, 0.3) is 0 Å². The summed E-state index contributed by atoms with van der Waals surface area (Å²) >= 11 is 0. The fraction of sp³-hybridized carbons (Fsp3) is 0.167. The standard InChI is InChI=1S/C24H22N4O/c29-24(19-8-9-19)26-23-15-22-21(7-4-14-28(22)27-23)18-10-12-20(13-11-18)25-16-17-5-2-1-3-6-17/h1-7,10-15,19,25H,8-9,16H2,(H,26,27,29). The highest BCUT2D eigenvalue weighted by atomic mass is 16.2. The fourth-order valence-electron chi connectivity index (χ4n) is 3.46. The predicted molar refractivity (Wildman–Crippen MR) is 116 cm³/mol. The van der Waals surface area contributed by atoms with Gasteiger partial charge in [-0.25, -0.2) is 4.52 Å². The number of hydrogen-bond donors (Lipinski definition) is 2. The third-order valence-electron chi connectivity index (χ3n) is 5.24. The molecule has 2 aromatic carbocycles. The first-order chi connectivity index (χ1) is 14.3. The Balaban J connectivity index is 1.35. The number of benzene rings is 2. The van der Waals surface area contributed by atoms with E-state index in [0.717, 1.165) is 41.7 Å². The molecule has 29 heavy (non-hydrogen) atoms. The number of fused-ring (bicyclic) bond motifs is 1. The Labute approximate surface area is 169 Å². The van der Waals surface area contributed by atoms with Gasteiger partial charge in [-0.1, -0.05) is 48.5 Å². The molecule has 4 aromatic rings. The number of rotatable bonds is 6. The van der Waals surface area contributed by atoms with E-state index in [-0.39, 0.29) is 11.8 Å². The van der Waals surface area contributed by atoms with Gasteiger partial charge in [-0.2, -0.15) is 5.10 Å². The molecule has 0 saturated heterocycles. The number of anilines is 2. The van der Waals surface area contributed by atoms with Crippen LogP contribution in [0.15, 0.2) is 79.0 Å². The monoisotopic (exact) mass is 382 g/mol. The first-order valence-electron chi connectivity index (χ1n) is 9.94. The largest absolute Gasteiger partial charge is 0.381 e. The van der Waals surface area contributed by atoms with Gasteiger partial charge in [0, 0.05) is 36.0 Å². The summed E-state index contributed by atoms with van der Waals surface area (Å²) in [5.41, 5.74) is 5.50. The minimum absolute atomic E-state index is 0.0730. The highest BCUT2D eigenvalue weighted by Gasteiger charge is 2.30. The average molecular weight is 382 g/mol. The molecule has 1 aliphatic rings. The van der Waals surface area contributed by atoms with Crippen molar-refractivity contribution < 1.29 is 4.79 Å². The molecule has 0 radical (unpaired) electrons. The highest BCUT2D eigenvalue weighted by Crippen LogP contribution is 2.31. The lowest BCUT2D eigenvalue weighted by Crippen LogP contribution is -2.13. The number of pyridine rings is 1. The van der Waals surface area contributed by atoms with Gasteiger partial charge in [0.15, 0.2) is 5.82 Å². The minimum atomic E-state index is 0.0730. The number of aromatic nitrogens is 2. The third kappa shape index (κ3) is 3.85. The van der Waals surface area contributed by atoms with E-state index in [1.54, 1.807) is 0 Å². The fourth-order valence-corrected chi connectivity index (χ4v) is 3.46. The molecule has 5 rings (SSSR count). The average Bonchev–Trinajstić information content (AvgIpc) is 3.53. The Morgan fingerprint density at radius 1 is 1.00 bits per heavy atom. The maximum Gasteiger partial charge on any atom is 0.228 e. The first kappa shape index (κ1) is 17.5. The van der Waals surface area contributed by atoms with Gasteiger partial charge in [-0.3, -0.25) is 4.79 Å². The highest BCUT2D eigenvalue weighted by molar-refractivity contribution is 5.94. The van der Waals surface area contributed by atoms with Crippen LogP contribution in [0.3, 0.4) is 0 Å². The van der Waals surface area contributed by atoms with Crippen molar-refractivity contribution in [2.24, 2.45) is 5.92 Å². The van der Waals surface area contributed by atoms with Crippen molar-refractivity contribution in [3.8, 4) is 11.1 Å². The molecule has 0 aliphatic heterocycles. The topological polar surface area (TPSA) is 58.4 Å². The van der Waals surface area contributed by atoms with E-state index in [0.29, 0.717) is 5.82 Å². The van der Waals surface area contributed by atoms with Crippen molar-refractivity contribution in [1.29, 1.82) is 0 Å².